The molecule has 3 N–H and O–H groups in total. The summed E-state index contributed by atoms with van der Waals surface area (Å²) in [5.41, 5.74) is 5.83. The highest BCUT2D eigenvalue weighted by molar-refractivity contribution is 6.03. The van der Waals surface area contributed by atoms with E-state index in [1.54, 1.807) is 12.1 Å². The number of para-hydroxylation sites is 1. The van der Waals surface area contributed by atoms with E-state index in [4.69, 9.17) is 5.41 Å². The number of aryl methyl sites for hydroxylation is 1. The van der Waals surface area contributed by atoms with Crippen LogP contribution in [0.1, 0.15) is 62.3 Å². The predicted octanol–water partition coefficient (Wildman–Crippen LogP) is 8.40. The summed E-state index contributed by atoms with van der Waals surface area (Å²) in [4.78, 5) is 2.38. The van der Waals surface area contributed by atoms with Gasteiger partial charge in [0.25, 0.3) is 0 Å². The van der Waals surface area contributed by atoms with Gasteiger partial charge in [0.05, 0.1) is 0 Å². The van der Waals surface area contributed by atoms with Gasteiger partial charge in [-0.2, -0.15) is 0 Å². The summed E-state index contributed by atoms with van der Waals surface area (Å²) in [6.45, 7) is 13.2. The van der Waals surface area contributed by atoms with E-state index in [2.05, 4.69) is 73.0 Å². The molecule has 1 fully saturated rings. The molecule has 1 aliphatic rings. The molecule has 40 heavy (non-hydrogen) atoms. The van der Waals surface area contributed by atoms with Crippen molar-refractivity contribution in [2.24, 2.45) is 0 Å². The van der Waals surface area contributed by atoms with Gasteiger partial charge in [-0.1, -0.05) is 92.7 Å². The molecule has 0 bridgehead atoms. The van der Waals surface area contributed by atoms with Crippen molar-refractivity contribution in [2.75, 3.05) is 26.0 Å². The zero-order chi connectivity index (χ0) is 29.3. The van der Waals surface area contributed by atoms with Gasteiger partial charge in [-0.05, 0) is 63.0 Å². The second-order valence-electron chi connectivity index (χ2n) is 10.0. The van der Waals surface area contributed by atoms with E-state index in [9.17, 15) is 4.39 Å². The van der Waals surface area contributed by atoms with Crippen LogP contribution in [0.2, 0.25) is 0 Å². The van der Waals surface area contributed by atoms with Crippen molar-refractivity contribution in [1.82, 2.24) is 10.2 Å². The molecule has 4 rings (SSSR count). The van der Waals surface area contributed by atoms with Crippen LogP contribution in [0.4, 0.5) is 10.1 Å². The Morgan fingerprint density at radius 1 is 1.07 bits per heavy atom. The lowest BCUT2D eigenvalue weighted by Crippen LogP contribution is -2.33. The zero-order valence-electron chi connectivity index (χ0n) is 24.7. The minimum atomic E-state index is -0.0793. The molecule has 2 atom stereocenters. The summed E-state index contributed by atoms with van der Waals surface area (Å²) in [6.07, 6.45) is 6.70. The quantitative estimate of drug-likeness (QED) is 0.178. The van der Waals surface area contributed by atoms with Crippen LogP contribution in [0.25, 0.3) is 0 Å². The number of anilines is 1. The van der Waals surface area contributed by atoms with Gasteiger partial charge in [0, 0.05) is 48.2 Å². The van der Waals surface area contributed by atoms with Gasteiger partial charge < -0.3 is 16.0 Å². The third-order valence-corrected chi connectivity index (χ3v) is 6.97. The Morgan fingerprint density at radius 2 is 1.73 bits per heavy atom. The smallest absolute Gasteiger partial charge is 0.126 e. The highest BCUT2D eigenvalue weighted by Crippen LogP contribution is 2.22. The number of nitrogens with zero attached hydrogens (tertiary/aromatic N) is 1. The molecule has 1 aliphatic heterocycles. The molecular formula is C35H47FN4. The Labute approximate surface area is 241 Å². The van der Waals surface area contributed by atoms with Gasteiger partial charge in [-0.25, -0.2) is 4.39 Å². The Kier molecular flexibility index (Phi) is 14.5. The van der Waals surface area contributed by atoms with Crippen molar-refractivity contribution in [3.63, 3.8) is 0 Å². The number of hydrogen-bond acceptors (Lipinski definition) is 4. The first-order valence-electron chi connectivity index (χ1n) is 14.2. The minimum absolute atomic E-state index is 0.0793. The highest BCUT2D eigenvalue weighted by atomic mass is 19.1. The van der Waals surface area contributed by atoms with Crippen molar-refractivity contribution in [2.45, 2.75) is 58.0 Å². The fourth-order valence-corrected chi connectivity index (χ4v) is 4.74. The van der Waals surface area contributed by atoms with Crippen LogP contribution >= 0.6 is 0 Å². The third-order valence-electron chi connectivity index (χ3n) is 6.97. The fourth-order valence-electron chi connectivity index (χ4n) is 4.74. The Hall–Kier alpha value is -3.70. The van der Waals surface area contributed by atoms with Crippen LogP contribution < -0.4 is 10.6 Å². The van der Waals surface area contributed by atoms with Crippen LogP contribution in [0, 0.1) is 11.2 Å². The molecule has 0 spiro atoms. The average Bonchev–Trinajstić information content (AvgIpc) is 3.41. The Morgan fingerprint density at radius 3 is 2.33 bits per heavy atom. The molecule has 0 amide bonds. The van der Waals surface area contributed by atoms with Crippen molar-refractivity contribution < 1.29 is 4.39 Å². The van der Waals surface area contributed by atoms with E-state index in [-0.39, 0.29) is 5.82 Å². The molecule has 1 saturated heterocycles. The van der Waals surface area contributed by atoms with E-state index < -0.39 is 0 Å². The van der Waals surface area contributed by atoms with E-state index in [0.29, 0.717) is 24.2 Å². The highest BCUT2D eigenvalue weighted by Gasteiger charge is 2.24. The van der Waals surface area contributed by atoms with E-state index >= 15 is 0 Å². The first-order valence-corrected chi connectivity index (χ1v) is 14.2. The standard InChI is InChI=1S/C15H22N2.C11H14N2.C9H11F/c1-12(14-8-5-4-6-9-14)16-13(2)15-10-7-11-17(15)3;1-3-6-10(12)9-7-4-5-8-11(9)13-2;1-2-5-8-6-3-4-7-9(8)10/h4-6,8-9,12,15-16H,2,7,10-11H2,1,3H3;3-5,7-8,12-13H,1,6H2,2H3;3-4,6-7H,2,5H2,1H3/t12-,15?;;/m1../s1. The number of nitrogens with one attached hydrogen (secondary N) is 3. The molecule has 3 aromatic rings. The van der Waals surface area contributed by atoms with Crippen LogP contribution in [0.3, 0.4) is 0 Å². The maximum Gasteiger partial charge on any atom is 0.126 e. The van der Waals surface area contributed by atoms with E-state index in [0.717, 1.165) is 35.4 Å². The normalized spacial score (nSPS) is 15.0. The molecule has 0 saturated carbocycles. The van der Waals surface area contributed by atoms with Crippen LogP contribution in [-0.2, 0) is 6.42 Å². The summed E-state index contributed by atoms with van der Waals surface area (Å²) < 4.78 is 12.8. The number of benzene rings is 3. The number of likely N-dealkylation sites (tertiary alicyclic amines) is 1. The molecule has 1 unspecified atom stereocenters. The van der Waals surface area contributed by atoms with E-state index in [1.807, 2.05) is 50.4 Å². The van der Waals surface area contributed by atoms with Crippen LogP contribution in [-0.4, -0.2) is 37.3 Å². The molecule has 214 valence electrons. The lowest BCUT2D eigenvalue weighted by Gasteiger charge is -2.26. The fraction of sp³-hybridized carbons (Fsp3) is 0.343. The summed E-state index contributed by atoms with van der Waals surface area (Å²) in [6, 6.07) is 26.1. The number of halogens is 1. The van der Waals surface area contributed by atoms with Gasteiger partial charge in [0.2, 0.25) is 0 Å². The SMILES string of the molecule is C=C(N[C@H](C)c1ccccc1)C1CCCN1C.C=CCC(=N)c1ccccc1NC.CCCc1ccccc1F. The first kappa shape index (κ1) is 32.5. The topological polar surface area (TPSA) is 51.2 Å². The molecule has 0 aliphatic carbocycles. The van der Waals surface area contributed by atoms with E-state index in [1.165, 1.54) is 31.0 Å². The monoisotopic (exact) mass is 542 g/mol. The third kappa shape index (κ3) is 10.5. The number of hydrogen-bond donors (Lipinski definition) is 3. The summed E-state index contributed by atoms with van der Waals surface area (Å²) in [5.74, 6) is -0.0793. The van der Waals surface area contributed by atoms with Crippen molar-refractivity contribution in [3.05, 3.63) is 126 Å². The van der Waals surface area contributed by atoms with Crippen molar-refractivity contribution in [1.29, 1.82) is 5.41 Å². The largest absolute Gasteiger partial charge is 0.388 e. The number of likely N-dealkylation sites (N-methyl/N-ethyl adjacent to an activating group) is 1. The summed E-state index contributed by atoms with van der Waals surface area (Å²) in [7, 11) is 4.04. The molecule has 3 aromatic carbocycles. The molecule has 0 radical (unpaired) electrons. The lowest BCUT2D eigenvalue weighted by atomic mass is 10.1. The molecule has 4 nitrogen and oxygen atoms in total. The van der Waals surface area contributed by atoms with Crippen LogP contribution in [0.5, 0.6) is 0 Å². The summed E-state index contributed by atoms with van der Waals surface area (Å²) >= 11 is 0. The second kappa shape index (κ2) is 17.8. The summed E-state index contributed by atoms with van der Waals surface area (Å²) in [5, 5.41) is 14.4. The molecule has 0 aromatic heterocycles. The Balaban J connectivity index is 0.000000218. The van der Waals surface area contributed by atoms with Crippen molar-refractivity contribution >= 4 is 11.4 Å². The van der Waals surface area contributed by atoms with Gasteiger partial charge in [0.15, 0.2) is 0 Å². The molecular weight excluding hydrogens is 495 g/mol. The minimum Gasteiger partial charge on any atom is -0.388 e. The second-order valence-corrected chi connectivity index (χ2v) is 10.0. The molecule has 1 heterocycles. The zero-order valence-corrected chi connectivity index (χ0v) is 24.7. The first-order chi connectivity index (χ1) is 19.3. The van der Waals surface area contributed by atoms with Crippen LogP contribution in [0.15, 0.2) is 104 Å². The van der Waals surface area contributed by atoms with Gasteiger partial charge in [-0.15, -0.1) is 6.58 Å². The average molecular weight is 543 g/mol. The number of rotatable bonds is 10. The number of allylic oxidation sites excluding steroid dienone is 1. The maximum absolute atomic E-state index is 12.8. The maximum atomic E-state index is 12.8. The van der Waals surface area contributed by atoms with Crippen molar-refractivity contribution in [3.8, 4) is 0 Å². The van der Waals surface area contributed by atoms with Gasteiger partial charge in [0.1, 0.15) is 5.82 Å². The van der Waals surface area contributed by atoms with Gasteiger partial charge >= 0.3 is 0 Å². The molecule has 5 heteroatoms. The lowest BCUT2D eigenvalue weighted by molar-refractivity contribution is 0.330. The predicted molar refractivity (Wildman–Crippen MR) is 171 cm³/mol. The van der Waals surface area contributed by atoms with Gasteiger partial charge in [-0.3, -0.25) is 4.90 Å². The Bertz CT molecular complexity index is 1190.